The second kappa shape index (κ2) is 5.66. The number of carbonyl (C=O) groups is 1. The SMILES string of the molecule is NC(Cc1ccc(OON=O)cc1)C(=O)O. The average Bonchev–Trinajstić information content (AvgIpc) is 2.28. The van der Waals surface area contributed by atoms with Crippen LogP contribution in [0.3, 0.4) is 0 Å². The van der Waals surface area contributed by atoms with Crippen LogP contribution in [0.2, 0.25) is 0 Å². The van der Waals surface area contributed by atoms with E-state index >= 15 is 0 Å². The van der Waals surface area contributed by atoms with Gasteiger partial charge in [-0.05, 0) is 24.1 Å². The zero-order chi connectivity index (χ0) is 12.0. The molecule has 86 valence electrons. The number of carboxylic acid groups (broad SMARTS) is 1. The van der Waals surface area contributed by atoms with Crippen molar-refractivity contribution in [3.8, 4) is 5.75 Å². The molecule has 0 saturated heterocycles. The fraction of sp³-hybridized carbons (Fsp3) is 0.222. The van der Waals surface area contributed by atoms with Gasteiger partial charge in [-0.15, -0.1) is 9.90 Å². The first kappa shape index (κ1) is 11.9. The Morgan fingerprint density at radius 2 is 2.06 bits per heavy atom. The minimum Gasteiger partial charge on any atom is -0.480 e. The molecule has 1 aromatic carbocycles. The lowest BCUT2D eigenvalue weighted by Crippen LogP contribution is -2.32. The molecule has 0 aliphatic rings. The summed E-state index contributed by atoms with van der Waals surface area (Å²) >= 11 is 0. The summed E-state index contributed by atoms with van der Waals surface area (Å²) in [7, 11) is 0. The number of carboxylic acids is 1. The molecule has 1 atom stereocenters. The minimum absolute atomic E-state index is 0.211. The first-order valence-corrected chi connectivity index (χ1v) is 4.37. The molecule has 0 spiro atoms. The lowest BCUT2D eigenvalue weighted by atomic mass is 10.1. The van der Waals surface area contributed by atoms with E-state index in [-0.39, 0.29) is 12.2 Å². The van der Waals surface area contributed by atoms with E-state index in [0.29, 0.717) is 0 Å². The molecule has 0 amide bonds. The highest BCUT2D eigenvalue weighted by atomic mass is 17.3. The normalized spacial score (nSPS) is 11.6. The van der Waals surface area contributed by atoms with E-state index in [0.717, 1.165) is 5.56 Å². The summed E-state index contributed by atoms with van der Waals surface area (Å²) in [6.07, 6.45) is 0.211. The third kappa shape index (κ3) is 3.54. The summed E-state index contributed by atoms with van der Waals surface area (Å²) < 4.78 is 0. The first-order chi connectivity index (χ1) is 7.63. The Morgan fingerprint density at radius 1 is 1.44 bits per heavy atom. The monoisotopic (exact) mass is 226 g/mol. The van der Waals surface area contributed by atoms with E-state index in [1.54, 1.807) is 12.1 Å². The molecule has 1 aromatic rings. The molecule has 0 fully saturated rings. The molecule has 0 aromatic heterocycles. The van der Waals surface area contributed by atoms with Crippen molar-refractivity contribution in [2.75, 3.05) is 0 Å². The molecule has 0 aliphatic heterocycles. The van der Waals surface area contributed by atoms with Crippen LogP contribution >= 0.6 is 0 Å². The van der Waals surface area contributed by atoms with Crippen LogP contribution in [0.25, 0.3) is 0 Å². The van der Waals surface area contributed by atoms with Gasteiger partial charge >= 0.3 is 5.97 Å². The molecular weight excluding hydrogens is 216 g/mol. The summed E-state index contributed by atoms with van der Waals surface area (Å²) in [6.45, 7) is 0. The largest absolute Gasteiger partial charge is 0.480 e. The quantitative estimate of drug-likeness (QED) is 0.418. The molecule has 7 nitrogen and oxygen atoms in total. The Kier molecular flexibility index (Phi) is 4.22. The highest BCUT2D eigenvalue weighted by Crippen LogP contribution is 2.13. The van der Waals surface area contributed by atoms with Crippen molar-refractivity contribution in [3.05, 3.63) is 34.7 Å². The van der Waals surface area contributed by atoms with Gasteiger partial charge in [0.25, 0.3) is 0 Å². The van der Waals surface area contributed by atoms with E-state index in [1.165, 1.54) is 12.1 Å². The number of hydrogen-bond acceptors (Lipinski definition) is 6. The van der Waals surface area contributed by atoms with Crippen LogP contribution in [0.1, 0.15) is 5.56 Å². The maximum atomic E-state index is 10.5. The van der Waals surface area contributed by atoms with Crippen molar-refractivity contribution in [1.82, 2.24) is 0 Å². The summed E-state index contributed by atoms with van der Waals surface area (Å²) in [4.78, 5) is 28.3. The molecule has 0 bridgehead atoms. The van der Waals surface area contributed by atoms with E-state index in [2.05, 4.69) is 15.2 Å². The van der Waals surface area contributed by atoms with Gasteiger partial charge in [0.2, 0.25) is 5.34 Å². The van der Waals surface area contributed by atoms with Crippen LogP contribution in [0.5, 0.6) is 5.75 Å². The number of nitrogens with two attached hydrogens (primary N) is 1. The zero-order valence-corrected chi connectivity index (χ0v) is 8.20. The van der Waals surface area contributed by atoms with Gasteiger partial charge in [0.05, 0.1) is 0 Å². The predicted molar refractivity (Wildman–Crippen MR) is 53.3 cm³/mol. The number of hydrogen-bond donors (Lipinski definition) is 2. The Morgan fingerprint density at radius 3 is 2.56 bits per heavy atom. The van der Waals surface area contributed by atoms with Crippen molar-refractivity contribution in [2.24, 2.45) is 11.1 Å². The summed E-state index contributed by atoms with van der Waals surface area (Å²) in [5, 5.41) is 10.7. The maximum absolute atomic E-state index is 10.5. The van der Waals surface area contributed by atoms with Crippen molar-refractivity contribution in [1.29, 1.82) is 0 Å². The molecule has 16 heavy (non-hydrogen) atoms. The molecule has 1 rings (SSSR count). The fourth-order valence-corrected chi connectivity index (χ4v) is 1.08. The Labute approximate surface area is 90.6 Å². The Hall–Kier alpha value is -2.15. The standard InChI is InChI=1S/C9H10N2O5/c10-8(9(12)13)5-6-1-3-7(4-2-6)15-16-11-14/h1-4,8H,5,10H2,(H,12,13). The number of nitrogens with zero attached hydrogens (tertiary/aromatic N) is 1. The van der Waals surface area contributed by atoms with Crippen LogP contribution in [0.4, 0.5) is 0 Å². The maximum Gasteiger partial charge on any atom is 0.320 e. The zero-order valence-electron chi connectivity index (χ0n) is 8.20. The van der Waals surface area contributed by atoms with Gasteiger partial charge in [-0.1, -0.05) is 12.1 Å². The third-order valence-corrected chi connectivity index (χ3v) is 1.86. The van der Waals surface area contributed by atoms with Gasteiger partial charge in [0, 0.05) is 0 Å². The van der Waals surface area contributed by atoms with Crippen LogP contribution in [-0.4, -0.2) is 17.1 Å². The minimum atomic E-state index is -1.06. The average molecular weight is 226 g/mol. The van der Waals surface area contributed by atoms with Gasteiger partial charge < -0.3 is 10.8 Å². The molecule has 3 N–H and O–H groups in total. The third-order valence-electron chi connectivity index (χ3n) is 1.86. The van der Waals surface area contributed by atoms with Crippen LogP contribution in [-0.2, 0) is 16.2 Å². The second-order valence-corrected chi connectivity index (χ2v) is 3.03. The van der Waals surface area contributed by atoms with Gasteiger partial charge in [-0.2, -0.15) is 0 Å². The number of benzene rings is 1. The smallest absolute Gasteiger partial charge is 0.320 e. The van der Waals surface area contributed by atoms with Gasteiger partial charge in [-0.25, -0.2) is 0 Å². The molecule has 0 aliphatic carbocycles. The predicted octanol–water partition coefficient (Wildman–Crippen LogP) is 0.633. The Bertz CT molecular complexity index is 365. The summed E-state index contributed by atoms with van der Waals surface area (Å²) in [6, 6.07) is 5.31. The van der Waals surface area contributed by atoms with Crippen molar-refractivity contribution in [2.45, 2.75) is 12.5 Å². The molecule has 7 heteroatoms. The summed E-state index contributed by atoms with van der Waals surface area (Å²) in [5.41, 5.74) is 6.09. The van der Waals surface area contributed by atoms with Crippen molar-refractivity contribution >= 4 is 5.97 Å². The van der Waals surface area contributed by atoms with Crippen molar-refractivity contribution in [3.63, 3.8) is 0 Å². The fourth-order valence-electron chi connectivity index (χ4n) is 1.08. The number of aliphatic carboxylic acids is 1. The summed E-state index contributed by atoms with van der Waals surface area (Å²) in [5.74, 6) is -0.777. The number of rotatable bonds is 6. The van der Waals surface area contributed by atoms with Gasteiger partial charge in [-0.3, -0.25) is 9.68 Å². The molecule has 0 saturated carbocycles. The highest BCUT2D eigenvalue weighted by Gasteiger charge is 2.11. The highest BCUT2D eigenvalue weighted by molar-refractivity contribution is 5.73. The van der Waals surface area contributed by atoms with E-state index in [1.807, 2.05) is 0 Å². The molecule has 0 heterocycles. The lowest BCUT2D eigenvalue weighted by molar-refractivity contribution is -0.209. The molecule has 1 unspecified atom stereocenters. The van der Waals surface area contributed by atoms with Crippen molar-refractivity contribution < 1.29 is 19.8 Å². The Balaban J connectivity index is 2.57. The second-order valence-electron chi connectivity index (χ2n) is 3.03. The topological polar surface area (TPSA) is 111 Å². The molecule has 0 radical (unpaired) electrons. The molecular formula is C9H10N2O5. The lowest BCUT2D eigenvalue weighted by Gasteiger charge is -2.06. The van der Waals surface area contributed by atoms with Crippen LogP contribution in [0.15, 0.2) is 29.6 Å². The first-order valence-electron chi connectivity index (χ1n) is 4.37. The van der Waals surface area contributed by atoms with Crippen LogP contribution in [0, 0.1) is 4.91 Å². The van der Waals surface area contributed by atoms with E-state index in [4.69, 9.17) is 10.8 Å². The van der Waals surface area contributed by atoms with Gasteiger partial charge in [0.15, 0.2) is 5.75 Å². The van der Waals surface area contributed by atoms with E-state index in [9.17, 15) is 9.70 Å². The van der Waals surface area contributed by atoms with E-state index < -0.39 is 12.0 Å². The van der Waals surface area contributed by atoms with Crippen LogP contribution < -0.4 is 10.6 Å². The van der Waals surface area contributed by atoms with Gasteiger partial charge in [0.1, 0.15) is 6.04 Å².